The SMILES string of the molecule is Brc1c[c]cnn1. The van der Waals surface area contributed by atoms with Gasteiger partial charge in [0.2, 0.25) is 0 Å². The van der Waals surface area contributed by atoms with Crippen LogP contribution in [0.25, 0.3) is 0 Å². The zero-order valence-corrected chi connectivity index (χ0v) is 5.01. The molecule has 1 heterocycles. The van der Waals surface area contributed by atoms with Crippen molar-refractivity contribution in [3.63, 3.8) is 0 Å². The molecular formula is C4H2BrN2. The molecule has 0 bridgehead atoms. The van der Waals surface area contributed by atoms with Crippen molar-refractivity contribution >= 4 is 15.9 Å². The molecule has 0 aromatic carbocycles. The minimum absolute atomic E-state index is 0.718. The van der Waals surface area contributed by atoms with E-state index >= 15 is 0 Å². The van der Waals surface area contributed by atoms with Crippen LogP contribution in [0.15, 0.2) is 16.9 Å². The van der Waals surface area contributed by atoms with Crippen LogP contribution < -0.4 is 0 Å². The summed E-state index contributed by atoms with van der Waals surface area (Å²) in [7, 11) is 0. The van der Waals surface area contributed by atoms with Crippen LogP contribution in [0.3, 0.4) is 0 Å². The number of nitrogens with zero attached hydrogens (tertiary/aromatic N) is 2. The summed E-state index contributed by atoms with van der Waals surface area (Å²) in [6.07, 6.45) is 1.50. The molecule has 0 saturated heterocycles. The molecule has 0 saturated carbocycles. The van der Waals surface area contributed by atoms with Crippen LogP contribution in [0.2, 0.25) is 0 Å². The lowest BCUT2D eigenvalue weighted by Crippen LogP contribution is -1.75. The zero-order chi connectivity index (χ0) is 5.11. The van der Waals surface area contributed by atoms with Gasteiger partial charge in [0.05, 0.1) is 6.20 Å². The maximum Gasteiger partial charge on any atom is 0.129 e. The van der Waals surface area contributed by atoms with Crippen molar-refractivity contribution in [1.29, 1.82) is 0 Å². The first-order valence-electron chi connectivity index (χ1n) is 1.74. The van der Waals surface area contributed by atoms with Gasteiger partial charge in [-0.15, -0.1) is 5.10 Å². The van der Waals surface area contributed by atoms with E-state index in [-0.39, 0.29) is 0 Å². The van der Waals surface area contributed by atoms with Crippen molar-refractivity contribution in [3.8, 4) is 0 Å². The van der Waals surface area contributed by atoms with Gasteiger partial charge in [-0.05, 0) is 22.0 Å². The van der Waals surface area contributed by atoms with Gasteiger partial charge < -0.3 is 0 Å². The Kier molecular flexibility index (Phi) is 1.36. The van der Waals surface area contributed by atoms with E-state index < -0.39 is 0 Å². The number of rotatable bonds is 0. The van der Waals surface area contributed by atoms with E-state index in [1.54, 1.807) is 6.07 Å². The molecule has 0 amide bonds. The van der Waals surface area contributed by atoms with E-state index in [9.17, 15) is 0 Å². The molecule has 0 atom stereocenters. The summed E-state index contributed by atoms with van der Waals surface area (Å²) < 4.78 is 0.718. The Morgan fingerprint density at radius 2 is 2.57 bits per heavy atom. The predicted octanol–water partition coefficient (Wildman–Crippen LogP) is 1.04. The molecule has 1 aromatic heterocycles. The topological polar surface area (TPSA) is 25.8 Å². The summed E-state index contributed by atoms with van der Waals surface area (Å²) in [5.74, 6) is 0. The Balaban J connectivity index is 3.02. The second-order valence-corrected chi connectivity index (χ2v) is 1.79. The Hall–Kier alpha value is -0.440. The highest BCUT2D eigenvalue weighted by atomic mass is 79.9. The molecule has 0 fully saturated rings. The number of aromatic nitrogens is 2. The van der Waals surface area contributed by atoms with E-state index in [1.165, 1.54) is 6.20 Å². The molecule has 0 spiro atoms. The third kappa shape index (κ3) is 1.23. The van der Waals surface area contributed by atoms with Crippen LogP contribution in [0.5, 0.6) is 0 Å². The molecule has 3 heteroatoms. The molecule has 1 rings (SSSR count). The first-order valence-corrected chi connectivity index (χ1v) is 2.53. The predicted molar refractivity (Wildman–Crippen MR) is 28.6 cm³/mol. The van der Waals surface area contributed by atoms with Gasteiger partial charge in [0, 0.05) is 6.07 Å². The molecule has 1 radical (unpaired) electrons. The number of hydrogen-bond donors (Lipinski definition) is 0. The van der Waals surface area contributed by atoms with Crippen molar-refractivity contribution in [3.05, 3.63) is 22.9 Å². The highest BCUT2D eigenvalue weighted by Gasteiger charge is 1.78. The van der Waals surface area contributed by atoms with Gasteiger partial charge in [-0.1, -0.05) is 0 Å². The summed E-state index contributed by atoms with van der Waals surface area (Å²) in [5.41, 5.74) is 0. The summed E-state index contributed by atoms with van der Waals surface area (Å²) >= 11 is 3.11. The monoisotopic (exact) mass is 157 g/mol. The molecule has 0 aliphatic carbocycles. The lowest BCUT2D eigenvalue weighted by atomic mass is 10.6. The summed E-state index contributed by atoms with van der Waals surface area (Å²) in [6.45, 7) is 0. The van der Waals surface area contributed by atoms with Crippen LogP contribution in [-0.4, -0.2) is 10.2 Å². The molecule has 0 aliphatic heterocycles. The van der Waals surface area contributed by atoms with Gasteiger partial charge in [-0.3, -0.25) is 0 Å². The highest BCUT2D eigenvalue weighted by molar-refractivity contribution is 9.10. The van der Waals surface area contributed by atoms with Gasteiger partial charge in [0.1, 0.15) is 4.60 Å². The van der Waals surface area contributed by atoms with Gasteiger partial charge in [-0.25, -0.2) is 0 Å². The maximum absolute atomic E-state index is 3.61. The van der Waals surface area contributed by atoms with Crippen LogP contribution in [0.1, 0.15) is 0 Å². The largest absolute Gasteiger partial charge is 0.157 e. The third-order valence-electron chi connectivity index (χ3n) is 0.488. The molecule has 2 nitrogen and oxygen atoms in total. The van der Waals surface area contributed by atoms with Crippen molar-refractivity contribution in [2.75, 3.05) is 0 Å². The van der Waals surface area contributed by atoms with E-state index in [0.29, 0.717) is 0 Å². The second-order valence-electron chi connectivity index (χ2n) is 0.978. The lowest BCUT2D eigenvalue weighted by molar-refractivity contribution is 1.00. The van der Waals surface area contributed by atoms with E-state index in [0.717, 1.165) is 4.60 Å². The molecule has 0 N–H and O–H groups in total. The third-order valence-corrected chi connectivity index (χ3v) is 0.875. The van der Waals surface area contributed by atoms with Crippen LogP contribution >= 0.6 is 15.9 Å². The Labute approximate surface area is 49.7 Å². The summed E-state index contributed by atoms with van der Waals surface area (Å²) in [5, 5.41) is 7.15. The van der Waals surface area contributed by atoms with Crippen molar-refractivity contribution < 1.29 is 0 Å². The zero-order valence-electron chi connectivity index (χ0n) is 3.43. The number of halogens is 1. The Morgan fingerprint density at radius 1 is 1.71 bits per heavy atom. The first-order chi connectivity index (χ1) is 3.39. The maximum atomic E-state index is 3.61. The minimum atomic E-state index is 0.718. The van der Waals surface area contributed by atoms with Gasteiger partial charge in [-0.2, -0.15) is 5.10 Å². The minimum Gasteiger partial charge on any atom is -0.157 e. The van der Waals surface area contributed by atoms with Crippen LogP contribution in [-0.2, 0) is 0 Å². The molecule has 1 aromatic rings. The molecule has 35 valence electrons. The Bertz CT molecular complexity index is 140. The quantitative estimate of drug-likeness (QED) is 0.563. The summed E-state index contributed by atoms with van der Waals surface area (Å²) in [4.78, 5) is 0. The van der Waals surface area contributed by atoms with Crippen molar-refractivity contribution in [2.45, 2.75) is 0 Å². The second kappa shape index (κ2) is 2.02. The first kappa shape index (κ1) is 4.71. The normalized spacial score (nSPS) is 8.71. The van der Waals surface area contributed by atoms with E-state index in [4.69, 9.17) is 0 Å². The average Bonchev–Trinajstić information content (AvgIpc) is 1.69. The van der Waals surface area contributed by atoms with Crippen molar-refractivity contribution in [2.24, 2.45) is 0 Å². The molecular weight excluding hydrogens is 156 g/mol. The fraction of sp³-hybridized carbons (Fsp3) is 0. The van der Waals surface area contributed by atoms with Crippen molar-refractivity contribution in [1.82, 2.24) is 10.2 Å². The lowest BCUT2D eigenvalue weighted by Gasteiger charge is -1.77. The standard InChI is InChI=1S/C4H2BrN2/c5-4-2-1-3-6-7-4/h2-3H. The van der Waals surface area contributed by atoms with Gasteiger partial charge >= 0.3 is 0 Å². The average molecular weight is 158 g/mol. The van der Waals surface area contributed by atoms with E-state index in [1.807, 2.05) is 0 Å². The highest BCUT2D eigenvalue weighted by Crippen LogP contribution is 1.97. The van der Waals surface area contributed by atoms with Gasteiger partial charge in [0.15, 0.2) is 0 Å². The van der Waals surface area contributed by atoms with Crippen LogP contribution in [0.4, 0.5) is 0 Å². The Morgan fingerprint density at radius 3 is 2.86 bits per heavy atom. The van der Waals surface area contributed by atoms with Gasteiger partial charge in [0.25, 0.3) is 0 Å². The van der Waals surface area contributed by atoms with Crippen LogP contribution in [0, 0.1) is 6.07 Å². The summed E-state index contributed by atoms with van der Waals surface area (Å²) in [6, 6.07) is 4.44. The molecule has 7 heavy (non-hydrogen) atoms. The van der Waals surface area contributed by atoms with E-state index in [2.05, 4.69) is 32.2 Å². The molecule has 0 aliphatic rings. The molecule has 0 unspecified atom stereocenters. The number of hydrogen-bond acceptors (Lipinski definition) is 2. The fourth-order valence-electron chi connectivity index (χ4n) is 0.252. The fourth-order valence-corrected chi connectivity index (χ4v) is 0.476. The smallest absolute Gasteiger partial charge is 0.129 e.